The highest BCUT2D eigenvalue weighted by atomic mass is 16.5. The van der Waals surface area contributed by atoms with Gasteiger partial charge in [-0.15, -0.1) is 5.10 Å². The number of aromatic nitrogens is 3. The van der Waals surface area contributed by atoms with Crippen LogP contribution < -0.4 is 10.2 Å². The Hall–Kier alpha value is -1.14. The van der Waals surface area contributed by atoms with Gasteiger partial charge in [0.15, 0.2) is 0 Å². The van der Waals surface area contributed by atoms with Gasteiger partial charge >= 0.3 is 0 Å². The lowest BCUT2D eigenvalue weighted by Gasteiger charge is -2.30. The summed E-state index contributed by atoms with van der Waals surface area (Å²) < 4.78 is 5.13. The molecule has 0 bridgehead atoms. The van der Waals surface area contributed by atoms with Crippen LogP contribution in [0.2, 0.25) is 0 Å². The lowest BCUT2D eigenvalue weighted by molar-refractivity contribution is 0.159. The molecule has 0 aliphatic carbocycles. The number of piperazine rings is 1. The third-order valence-electron chi connectivity index (χ3n) is 3.16. The number of nitrogens with one attached hydrogen (secondary N) is 2. The van der Waals surface area contributed by atoms with E-state index in [-0.39, 0.29) is 0 Å². The molecule has 2 N–H and O–H groups in total. The predicted molar refractivity (Wildman–Crippen MR) is 70.8 cm³/mol. The smallest absolute Gasteiger partial charge is 0.244 e. The van der Waals surface area contributed by atoms with E-state index in [1.165, 1.54) is 0 Å². The molecule has 2 heterocycles. The molecule has 1 aliphatic rings. The molecular formula is C12H23N5O. The van der Waals surface area contributed by atoms with E-state index in [0.717, 1.165) is 44.4 Å². The number of hydrogen-bond donors (Lipinski definition) is 2. The molecule has 1 aromatic heterocycles. The lowest BCUT2D eigenvalue weighted by atomic mass is 10.1. The van der Waals surface area contributed by atoms with Gasteiger partial charge in [0.1, 0.15) is 5.82 Å². The summed E-state index contributed by atoms with van der Waals surface area (Å²) in [5.41, 5.74) is 0. The van der Waals surface area contributed by atoms with E-state index >= 15 is 0 Å². The molecule has 1 saturated heterocycles. The molecule has 0 saturated carbocycles. The highest BCUT2D eigenvalue weighted by Gasteiger charge is 2.19. The fourth-order valence-electron chi connectivity index (χ4n) is 2.31. The Balaban J connectivity index is 1.92. The van der Waals surface area contributed by atoms with Crippen molar-refractivity contribution in [2.24, 2.45) is 5.92 Å². The van der Waals surface area contributed by atoms with Crippen molar-refractivity contribution in [2.75, 3.05) is 38.3 Å². The van der Waals surface area contributed by atoms with E-state index in [1.807, 2.05) is 0 Å². The van der Waals surface area contributed by atoms with Gasteiger partial charge < -0.3 is 15.0 Å². The Kier molecular flexibility index (Phi) is 4.54. The maximum absolute atomic E-state index is 5.13. The Morgan fingerprint density at radius 1 is 1.56 bits per heavy atom. The highest BCUT2D eigenvalue weighted by Crippen LogP contribution is 2.12. The molecule has 102 valence electrons. The van der Waals surface area contributed by atoms with Crippen molar-refractivity contribution in [3.8, 4) is 0 Å². The van der Waals surface area contributed by atoms with Crippen molar-refractivity contribution in [1.29, 1.82) is 0 Å². The molecule has 2 unspecified atom stereocenters. The summed E-state index contributed by atoms with van der Waals surface area (Å²) in [7, 11) is 1.73. The molecule has 1 aromatic rings. The van der Waals surface area contributed by atoms with Gasteiger partial charge in [0.2, 0.25) is 5.95 Å². The van der Waals surface area contributed by atoms with Crippen LogP contribution in [0.3, 0.4) is 0 Å². The van der Waals surface area contributed by atoms with Gasteiger partial charge in [-0.25, -0.2) is 0 Å². The van der Waals surface area contributed by atoms with Crippen LogP contribution in [0.25, 0.3) is 0 Å². The van der Waals surface area contributed by atoms with E-state index < -0.39 is 0 Å². The van der Waals surface area contributed by atoms with Gasteiger partial charge in [-0.1, -0.05) is 6.92 Å². The lowest BCUT2D eigenvalue weighted by Crippen LogP contribution is -2.49. The van der Waals surface area contributed by atoms with Crippen LogP contribution in [0.1, 0.15) is 19.7 Å². The Bertz CT molecular complexity index is 367. The van der Waals surface area contributed by atoms with Crippen LogP contribution >= 0.6 is 0 Å². The monoisotopic (exact) mass is 253 g/mol. The topological polar surface area (TPSA) is 66.1 Å². The molecule has 2 rings (SSSR count). The largest absolute Gasteiger partial charge is 0.384 e. The number of methoxy groups -OCH3 is 1. The second-order valence-electron chi connectivity index (χ2n) is 5.15. The Morgan fingerprint density at radius 2 is 2.39 bits per heavy atom. The van der Waals surface area contributed by atoms with E-state index in [4.69, 9.17) is 4.74 Å². The van der Waals surface area contributed by atoms with Crippen molar-refractivity contribution in [2.45, 2.75) is 26.3 Å². The number of rotatable bonds is 5. The number of nitrogens with zero attached hydrogens (tertiary/aromatic N) is 3. The zero-order chi connectivity index (χ0) is 13.0. The van der Waals surface area contributed by atoms with Crippen LogP contribution in [0.15, 0.2) is 0 Å². The summed E-state index contributed by atoms with van der Waals surface area (Å²) in [5.74, 6) is 2.22. The second kappa shape index (κ2) is 6.15. The summed E-state index contributed by atoms with van der Waals surface area (Å²) in [6.07, 6.45) is 0.877. The first kappa shape index (κ1) is 13.3. The fraction of sp³-hybridized carbons (Fsp3) is 0.833. The van der Waals surface area contributed by atoms with Gasteiger partial charge in [0.25, 0.3) is 0 Å². The first-order valence-corrected chi connectivity index (χ1v) is 6.57. The first-order valence-electron chi connectivity index (χ1n) is 6.57. The number of H-pyrrole nitrogens is 1. The zero-order valence-electron chi connectivity index (χ0n) is 11.4. The van der Waals surface area contributed by atoms with Crippen LogP contribution in [-0.2, 0) is 11.2 Å². The molecule has 1 aliphatic heterocycles. The van der Waals surface area contributed by atoms with Gasteiger partial charge in [-0.2, -0.15) is 4.98 Å². The van der Waals surface area contributed by atoms with Crippen molar-refractivity contribution in [1.82, 2.24) is 20.5 Å². The van der Waals surface area contributed by atoms with Crippen molar-refractivity contribution in [3.63, 3.8) is 0 Å². The fourth-order valence-corrected chi connectivity index (χ4v) is 2.31. The molecule has 18 heavy (non-hydrogen) atoms. The normalized spacial score (nSPS) is 22.2. The van der Waals surface area contributed by atoms with E-state index in [2.05, 4.69) is 39.2 Å². The minimum atomic E-state index is 0.456. The third kappa shape index (κ3) is 3.43. The average molecular weight is 253 g/mol. The van der Waals surface area contributed by atoms with E-state index in [1.54, 1.807) is 7.11 Å². The Morgan fingerprint density at radius 3 is 3.11 bits per heavy atom. The molecule has 0 radical (unpaired) electrons. The molecule has 0 amide bonds. The third-order valence-corrected chi connectivity index (χ3v) is 3.16. The van der Waals surface area contributed by atoms with E-state index in [0.29, 0.717) is 12.0 Å². The van der Waals surface area contributed by atoms with Gasteiger partial charge in [0.05, 0.1) is 0 Å². The molecule has 1 fully saturated rings. The molecule has 2 atom stereocenters. The SMILES string of the molecule is COCC(C)Cc1nc(N2CCNC(C)C2)n[nH]1. The van der Waals surface area contributed by atoms with Crippen molar-refractivity contribution < 1.29 is 4.74 Å². The minimum absolute atomic E-state index is 0.456. The number of aromatic amines is 1. The average Bonchev–Trinajstić information content (AvgIpc) is 2.78. The van der Waals surface area contributed by atoms with Crippen LogP contribution in [-0.4, -0.2) is 54.6 Å². The summed E-state index contributed by atoms with van der Waals surface area (Å²) in [5, 5.41) is 10.8. The summed E-state index contributed by atoms with van der Waals surface area (Å²) in [6.45, 7) is 8.00. The zero-order valence-corrected chi connectivity index (χ0v) is 11.4. The summed E-state index contributed by atoms with van der Waals surface area (Å²) in [4.78, 5) is 6.79. The van der Waals surface area contributed by atoms with E-state index in [9.17, 15) is 0 Å². The standard InChI is InChI=1S/C12H23N5O/c1-9(8-18-3)6-11-14-12(16-15-11)17-5-4-13-10(2)7-17/h9-10,13H,4-8H2,1-3H3,(H,14,15,16). The molecule has 0 spiro atoms. The van der Waals surface area contributed by atoms with Crippen LogP contribution in [0.4, 0.5) is 5.95 Å². The second-order valence-corrected chi connectivity index (χ2v) is 5.15. The Labute approximate surface area is 108 Å². The molecule has 6 heteroatoms. The molecule has 0 aromatic carbocycles. The maximum atomic E-state index is 5.13. The first-order chi connectivity index (χ1) is 8.69. The van der Waals surface area contributed by atoms with Gasteiger partial charge in [-0.3, -0.25) is 5.10 Å². The highest BCUT2D eigenvalue weighted by molar-refractivity contribution is 5.30. The molecule has 6 nitrogen and oxygen atoms in total. The predicted octanol–water partition coefficient (Wildman–Crippen LogP) is 0.428. The minimum Gasteiger partial charge on any atom is -0.384 e. The van der Waals surface area contributed by atoms with Gasteiger partial charge in [0, 0.05) is 45.8 Å². The van der Waals surface area contributed by atoms with Crippen LogP contribution in [0.5, 0.6) is 0 Å². The molecular weight excluding hydrogens is 230 g/mol. The van der Waals surface area contributed by atoms with Crippen molar-refractivity contribution in [3.05, 3.63) is 5.82 Å². The quantitative estimate of drug-likeness (QED) is 0.796. The van der Waals surface area contributed by atoms with Crippen LogP contribution in [0, 0.1) is 5.92 Å². The number of ether oxygens (including phenoxy) is 1. The maximum Gasteiger partial charge on any atom is 0.244 e. The number of anilines is 1. The number of hydrogen-bond acceptors (Lipinski definition) is 5. The summed E-state index contributed by atoms with van der Waals surface area (Å²) in [6, 6.07) is 0.494. The summed E-state index contributed by atoms with van der Waals surface area (Å²) >= 11 is 0. The van der Waals surface area contributed by atoms with Crippen molar-refractivity contribution >= 4 is 5.95 Å². The van der Waals surface area contributed by atoms with Gasteiger partial charge in [-0.05, 0) is 12.8 Å².